The van der Waals surface area contributed by atoms with Crippen LogP contribution in [0.2, 0.25) is 0 Å². The van der Waals surface area contributed by atoms with Crippen LogP contribution in [-0.2, 0) is 21.7 Å². The first kappa shape index (κ1) is 9.84. The van der Waals surface area contributed by atoms with E-state index in [0.717, 1.165) is 4.48 Å². The Balaban J connectivity index is 0. The molecule has 0 saturated carbocycles. The van der Waals surface area contributed by atoms with Crippen LogP contribution in [0.4, 0.5) is 0 Å². The Hall–Kier alpha value is 0.674. The van der Waals surface area contributed by atoms with Crippen molar-refractivity contribution in [2.45, 2.75) is 0 Å². The molecule has 6 heavy (non-hydrogen) atoms. The van der Waals surface area contributed by atoms with Crippen molar-refractivity contribution in [3.63, 3.8) is 0 Å². The van der Waals surface area contributed by atoms with E-state index in [1.807, 2.05) is 0 Å². The molecule has 0 rings (SSSR count). The summed E-state index contributed by atoms with van der Waals surface area (Å²) >= 11 is 0. The third kappa shape index (κ3) is 139. The van der Waals surface area contributed by atoms with E-state index in [-0.39, 0.29) is 21.7 Å². The molecular formula is C4H12NTi+. The van der Waals surface area contributed by atoms with E-state index in [2.05, 4.69) is 28.2 Å². The van der Waals surface area contributed by atoms with Gasteiger partial charge in [-0.1, -0.05) is 0 Å². The average Bonchev–Trinajstić information content (AvgIpc) is 0.722. The van der Waals surface area contributed by atoms with E-state index in [9.17, 15) is 0 Å². The van der Waals surface area contributed by atoms with Crippen molar-refractivity contribution >= 4 is 0 Å². The van der Waals surface area contributed by atoms with Gasteiger partial charge in [0.1, 0.15) is 0 Å². The van der Waals surface area contributed by atoms with Gasteiger partial charge in [0.05, 0.1) is 28.2 Å². The van der Waals surface area contributed by atoms with E-state index >= 15 is 0 Å². The number of nitrogens with zero attached hydrogens (tertiary/aromatic N) is 1. The zero-order valence-electron chi connectivity index (χ0n) is 4.95. The molecule has 0 aliphatic carbocycles. The predicted octanol–water partition coefficient (Wildman–Crippen LogP) is 0.320. The molecule has 0 aliphatic heterocycles. The summed E-state index contributed by atoms with van der Waals surface area (Å²) in [6, 6.07) is 0. The zero-order chi connectivity index (χ0) is 4.50. The fourth-order valence-corrected chi connectivity index (χ4v) is 0. The summed E-state index contributed by atoms with van der Waals surface area (Å²) in [7, 11) is 8.50. The summed E-state index contributed by atoms with van der Waals surface area (Å²) < 4.78 is 1.00. The van der Waals surface area contributed by atoms with Gasteiger partial charge in [-0.2, -0.15) is 0 Å². The molecule has 0 amide bonds. The van der Waals surface area contributed by atoms with Crippen LogP contribution in [0.3, 0.4) is 0 Å². The van der Waals surface area contributed by atoms with Crippen LogP contribution in [0, 0.1) is 0 Å². The van der Waals surface area contributed by atoms with Crippen molar-refractivity contribution in [1.29, 1.82) is 0 Å². The first-order valence-corrected chi connectivity index (χ1v) is 1.79. The van der Waals surface area contributed by atoms with Crippen LogP contribution in [0.25, 0.3) is 0 Å². The summed E-state index contributed by atoms with van der Waals surface area (Å²) in [4.78, 5) is 0. The molecule has 0 aromatic heterocycles. The molecule has 0 heterocycles. The summed E-state index contributed by atoms with van der Waals surface area (Å²) in [6.45, 7) is 0. The molecule has 2 heteroatoms. The van der Waals surface area contributed by atoms with Crippen molar-refractivity contribution in [3.8, 4) is 0 Å². The molecule has 0 radical (unpaired) electrons. The summed E-state index contributed by atoms with van der Waals surface area (Å²) in [6.07, 6.45) is 0. The van der Waals surface area contributed by atoms with Crippen molar-refractivity contribution in [1.82, 2.24) is 0 Å². The van der Waals surface area contributed by atoms with Gasteiger partial charge in [-0.05, 0) is 0 Å². The van der Waals surface area contributed by atoms with Crippen molar-refractivity contribution < 1.29 is 26.2 Å². The molecule has 0 aromatic rings. The summed E-state index contributed by atoms with van der Waals surface area (Å²) in [5.74, 6) is 0. The van der Waals surface area contributed by atoms with Crippen LogP contribution in [0.5, 0.6) is 0 Å². The number of rotatable bonds is 0. The minimum atomic E-state index is 0. The fraction of sp³-hybridized carbons (Fsp3) is 1.00. The van der Waals surface area contributed by atoms with Crippen LogP contribution in [0.1, 0.15) is 0 Å². The van der Waals surface area contributed by atoms with Crippen LogP contribution >= 0.6 is 0 Å². The molecule has 0 aliphatic rings. The zero-order valence-corrected chi connectivity index (χ0v) is 6.51. The van der Waals surface area contributed by atoms with Gasteiger partial charge >= 0.3 is 0 Å². The number of hydrogen-bond acceptors (Lipinski definition) is 0. The molecular weight excluding hydrogens is 110 g/mol. The largest absolute Gasteiger partial charge is 0.333 e. The molecule has 0 spiro atoms. The first-order valence-electron chi connectivity index (χ1n) is 1.79. The second-order valence-corrected chi connectivity index (χ2v) is 2.68. The van der Waals surface area contributed by atoms with E-state index < -0.39 is 0 Å². The van der Waals surface area contributed by atoms with Crippen LogP contribution in [0.15, 0.2) is 0 Å². The SMILES string of the molecule is C[N+](C)(C)C.[Ti]. The summed E-state index contributed by atoms with van der Waals surface area (Å²) in [5, 5.41) is 0. The van der Waals surface area contributed by atoms with Gasteiger partial charge in [-0.15, -0.1) is 0 Å². The maximum Gasteiger partial charge on any atom is 0.0675 e. The molecule has 0 bridgehead atoms. The van der Waals surface area contributed by atoms with Crippen LogP contribution < -0.4 is 0 Å². The van der Waals surface area contributed by atoms with Crippen molar-refractivity contribution in [2.24, 2.45) is 0 Å². The quantitative estimate of drug-likeness (QED) is 0.320. The topological polar surface area (TPSA) is 0 Å². The van der Waals surface area contributed by atoms with E-state index in [1.54, 1.807) is 0 Å². The molecule has 1 nitrogen and oxygen atoms in total. The molecule has 0 aromatic carbocycles. The normalized spacial score (nSPS) is 10.0. The van der Waals surface area contributed by atoms with Gasteiger partial charge in [0.2, 0.25) is 0 Å². The van der Waals surface area contributed by atoms with Crippen molar-refractivity contribution in [3.05, 3.63) is 0 Å². The monoisotopic (exact) mass is 122 g/mol. The van der Waals surface area contributed by atoms with E-state index in [0.29, 0.717) is 0 Å². The maximum atomic E-state index is 2.12. The van der Waals surface area contributed by atoms with E-state index in [4.69, 9.17) is 0 Å². The summed E-state index contributed by atoms with van der Waals surface area (Å²) in [5.41, 5.74) is 0. The van der Waals surface area contributed by atoms with Gasteiger partial charge < -0.3 is 4.48 Å². The molecule has 0 saturated heterocycles. The molecule has 0 N–H and O–H groups in total. The van der Waals surface area contributed by atoms with Gasteiger partial charge in [-0.3, -0.25) is 0 Å². The second-order valence-electron chi connectivity index (χ2n) is 2.68. The molecule has 36 valence electrons. The molecule has 0 atom stereocenters. The molecule has 0 fully saturated rings. The number of hydrogen-bond donors (Lipinski definition) is 0. The number of quaternary nitrogens is 1. The molecule has 0 unspecified atom stereocenters. The van der Waals surface area contributed by atoms with Gasteiger partial charge in [-0.25, -0.2) is 0 Å². The van der Waals surface area contributed by atoms with Crippen LogP contribution in [-0.4, -0.2) is 32.7 Å². The maximum absolute atomic E-state index is 2.12. The second kappa shape index (κ2) is 2.78. The van der Waals surface area contributed by atoms with E-state index in [1.165, 1.54) is 0 Å². The first-order chi connectivity index (χ1) is 2.00. The Morgan fingerprint density at radius 3 is 0.833 bits per heavy atom. The Labute approximate surface area is 54.8 Å². The Morgan fingerprint density at radius 2 is 0.833 bits per heavy atom. The Kier molecular flexibility index (Phi) is 4.56. The minimum absolute atomic E-state index is 0. The standard InChI is InChI=1S/C4H12N.Ti/c1-5(2,3)4;/h1-4H3;/q+1;. The van der Waals surface area contributed by atoms with Gasteiger partial charge in [0.15, 0.2) is 0 Å². The minimum Gasteiger partial charge on any atom is -0.333 e. The average molecular weight is 122 g/mol. The van der Waals surface area contributed by atoms with Crippen molar-refractivity contribution in [2.75, 3.05) is 28.2 Å². The smallest absolute Gasteiger partial charge is 0.0675 e. The third-order valence-electron chi connectivity index (χ3n) is 0. The Morgan fingerprint density at radius 1 is 0.833 bits per heavy atom. The Bertz CT molecular complexity index is 23.0. The van der Waals surface area contributed by atoms with Gasteiger partial charge in [0.25, 0.3) is 0 Å². The predicted molar refractivity (Wildman–Crippen MR) is 24.0 cm³/mol. The third-order valence-corrected chi connectivity index (χ3v) is 0. The fourth-order valence-electron chi connectivity index (χ4n) is 0. The van der Waals surface area contributed by atoms with Gasteiger partial charge in [0, 0.05) is 21.7 Å².